The Bertz CT molecular complexity index is 758. The Hall–Kier alpha value is -1.77. The van der Waals surface area contributed by atoms with Crippen molar-refractivity contribution in [2.24, 2.45) is 5.92 Å². The van der Waals surface area contributed by atoms with Gasteiger partial charge >= 0.3 is 0 Å². The van der Waals surface area contributed by atoms with Crippen molar-refractivity contribution in [3.8, 4) is 11.5 Å². The number of hydrogen-bond donors (Lipinski definition) is 1. The quantitative estimate of drug-likeness (QED) is 0.649. The van der Waals surface area contributed by atoms with E-state index in [1.165, 1.54) is 0 Å². The van der Waals surface area contributed by atoms with Crippen LogP contribution in [0.1, 0.15) is 28.7 Å². The predicted octanol–water partition coefficient (Wildman–Crippen LogP) is 3.19. The van der Waals surface area contributed by atoms with Gasteiger partial charge < -0.3 is 14.8 Å². The minimum absolute atomic E-state index is 0.120. The van der Waals surface area contributed by atoms with E-state index in [0.29, 0.717) is 23.6 Å². The molecule has 0 spiro atoms. The van der Waals surface area contributed by atoms with E-state index >= 15 is 0 Å². The summed E-state index contributed by atoms with van der Waals surface area (Å²) in [6, 6.07) is 5.56. The molecule has 0 aliphatic rings. The smallest absolute Gasteiger partial charge is 0.252 e. The largest absolute Gasteiger partial charge is 0.493 e. The second kappa shape index (κ2) is 8.55. The van der Waals surface area contributed by atoms with Crippen LogP contribution < -0.4 is 14.8 Å². The minimum Gasteiger partial charge on any atom is -0.493 e. The van der Waals surface area contributed by atoms with Crippen LogP contribution in [0.3, 0.4) is 0 Å². The van der Waals surface area contributed by atoms with E-state index in [-0.39, 0.29) is 11.8 Å². The zero-order valence-corrected chi connectivity index (χ0v) is 17.4. The molecule has 0 saturated carbocycles. The summed E-state index contributed by atoms with van der Waals surface area (Å²) in [7, 11) is 3.14. The lowest BCUT2D eigenvalue weighted by atomic mass is 10.1. The molecule has 1 aromatic heterocycles. The van der Waals surface area contributed by atoms with Gasteiger partial charge in [-0.1, -0.05) is 6.92 Å². The van der Waals surface area contributed by atoms with Crippen molar-refractivity contribution in [3.05, 3.63) is 38.7 Å². The number of aryl methyl sites for hydroxylation is 2. The van der Waals surface area contributed by atoms with E-state index in [9.17, 15) is 4.79 Å². The molecule has 6 nitrogen and oxygen atoms in total. The van der Waals surface area contributed by atoms with Crippen molar-refractivity contribution < 1.29 is 14.3 Å². The van der Waals surface area contributed by atoms with Gasteiger partial charge in [0.05, 0.1) is 25.5 Å². The summed E-state index contributed by atoms with van der Waals surface area (Å²) in [5, 5.41) is 7.46. The normalized spacial score (nSPS) is 11.9. The van der Waals surface area contributed by atoms with Crippen molar-refractivity contribution in [3.63, 3.8) is 0 Å². The third kappa shape index (κ3) is 4.87. The molecular weight excluding hydrogens is 433 g/mol. The van der Waals surface area contributed by atoms with Crippen LogP contribution in [0.25, 0.3) is 0 Å². The number of nitrogens with zero attached hydrogens (tertiary/aromatic N) is 2. The van der Waals surface area contributed by atoms with Crippen molar-refractivity contribution in [1.82, 2.24) is 15.1 Å². The first-order valence-corrected chi connectivity index (χ1v) is 9.14. The third-order valence-electron chi connectivity index (χ3n) is 3.92. The minimum atomic E-state index is -0.120. The number of hydrogen-bond acceptors (Lipinski definition) is 4. The Kier molecular flexibility index (Phi) is 6.69. The maximum Gasteiger partial charge on any atom is 0.252 e. The first-order valence-electron chi connectivity index (χ1n) is 8.06. The Morgan fingerprint density at radius 1 is 1.24 bits per heavy atom. The number of nitrogens with one attached hydrogen (secondary N) is 1. The zero-order valence-electron chi connectivity index (χ0n) is 15.2. The molecule has 1 N–H and O–H groups in total. The monoisotopic (exact) mass is 457 g/mol. The van der Waals surface area contributed by atoms with Gasteiger partial charge in [0.1, 0.15) is 0 Å². The van der Waals surface area contributed by atoms with Crippen molar-refractivity contribution in [1.29, 1.82) is 0 Å². The molecule has 0 bridgehead atoms. The lowest BCUT2D eigenvalue weighted by Crippen LogP contribution is -2.30. The molecule has 1 heterocycles. The summed E-state index contributed by atoms with van der Waals surface area (Å²) in [4.78, 5) is 12.5. The molecular formula is C18H24IN3O3. The van der Waals surface area contributed by atoms with Gasteiger partial charge in [-0.15, -0.1) is 0 Å². The van der Waals surface area contributed by atoms with Crippen LogP contribution in [-0.4, -0.2) is 36.5 Å². The topological polar surface area (TPSA) is 65.4 Å². The second-order valence-corrected chi connectivity index (χ2v) is 7.27. The molecule has 2 rings (SSSR count). The average molecular weight is 457 g/mol. The first-order chi connectivity index (χ1) is 11.8. The number of carbonyl (C=O) groups is 1. The molecule has 1 unspecified atom stereocenters. The Morgan fingerprint density at radius 2 is 1.88 bits per heavy atom. The van der Waals surface area contributed by atoms with Gasteiger partial charge in [0.2, 0.25) is 0 Å². The molecule has 0 radical (unpaired) electrons. The fourth-order valence-electron chi connectivity index (χ4n) is 2.61. The maximum absolute atomic E-state index is 12.5. The van der Waals surface area contributed by atoms with E-state index in [2.05, 4.69) is 46.0 Å². The number of aromatic nitrogens is 2. The molecule has 1 amide bonds. The van der Waals surface area contributed by atoms with Crippen LogP contribution in [0.4, 0.5) is 0 Å². The number of amides is 1. The van der Waals surface area contributed by atoms with Gasteiger partial charge in [0.15, 0.2) is 11.5 Å². The average Bonchev–Trinajstić information content (AvgIpc) is 2.89. The highest BCUT2D eigenvalue weighted by atomic mass is 127. The lowest BCUT2D eigenvalue weighted by Gasteiger charge is -2.15. The molecule has 0 saturated heterocycles. The third-order valence-corrected chi connectivity index (χ3v) is 4.81. The Balaban J connectivity index is 2.01. The fraction of sp³-hybridized carbons (Fsp3) is 0.444. The fourth-order valence-corrected chi connectivity index (χ4v) is 3.29. The number of rotatable bonds is 7. The number of ether oxygens (including phenoxy) is 2. The van der Waals surface area contributed by atoms with Crippen LogP contribution in [0.2, 0.25) is 0 Å². The molecule has 25 heavy (non-hydrogen) atoms. The predicted molar refractivity (Wildman–Crippen MR) is 105 cm³/mol. The van der Waals surface area contributed by atoms with Crippen LogP contribution in [0, 0.1) is 23.3 Å². The number of halogens is 1. The van der Waals surface area contributed by atoms with Crippen LogP contribution in [0.5, 0.6) is 11.5 Å². The highest BCUT2D eigenvalue weighted by Crippen LogP contribution is 2.31. The number of carbonyl (C=O) groups excluding carboxylic acids is 1. The van der Waals surface area contributed by atoms with Crippen LogP contribution in [-0.2, 0) is 6.54 Å². The Morgan fingerprint density at radius 3 is 2.44 bits per heavy atom. The summed E-state index contributed by atoms with van der Waals surface area (Å²) < 4.78 is 13.3. The number of methoxy groups -OCH3 is 2. The lowest BCUT2D eigenvalue weighted by molar-refractivity contribution is 0.0945. The molecule has 7 heteroatoms. The van der Waals surface area contributed by atoms with Gasteiger partial charge in [0, 0.05) is 22.4 Å². The van der Waals surface area contributed by atoms with Crippen molar-refractivity contribution >= 4 is 28.5 Å². The standard InChI is InChI=1S/C18H24IN3O3/c1-11(10-22-13(3)6-12(2)21-22)9-20-18(23)14-7-16(24-4)17(25-5)8-15(14)19/h6-8,11H,9-10H2,1-5H3,(H,20,23). The van der Waals surface area contributed by atoms with Gasteiger partial charge in [-0.3, -0.25) is 9.48 Å². The van der Waals surface area contributed by atoms with E-state index in [1.807, 2.05) is 18.5 Å². The summed E-state index contributed by atoms with van der Waals surface area (Å²) in [5.41, 5.74) is 2.72. The highest BCUT2D eigenvalue weighted by molar-refractivity contribution is 14.1. The van der Waals surface area contributed by atoms with Crippen molar-refractivity contribution in [2.75, 3.05) is 20.8 Å². The molecule has 0 aliphatic carbocycles. The van der Waals surface area contributed by atoms with E-state index in [0.717, 1.165) is 21.5 Å². The van der Waals surface area contributed by atoms with Crippen LogP contribution >= 0.6 is 22.6 Å². The van der Waals surface area contributed by atoms with E-state index in [1.54, 1.807) is 26.4 Å². The van der Waals surface area contributed by atoms with Gasteiger partial charge in [-0.05, 0) is 60.6 Å². The molecule has 0 fully saturated rings. The van der Waals surface area contributed by atoms with Gasteiger partial charge in [-0.25, -0.2) is 0 Å². The molecule has 1 atom stereocenters. The summed E-state index contributed by atoms with van der Waals surface area (Å²) >= 11 is 2.13. The molecule has 1 aromatic carbocycles. The second-order valence-electron chi connectivity index (χ2n) is 6.11. The Labute approximate surface area is 162 Å². The SMILES string of the molecule is COc1cc(I)c(C(=O)NCC(C)Cn2nc(C)cc2C)cc1OC. The molecule has 0 aliphatic heterocycles. The van der Waals surface area contributed by atoms with Crippen molar-refractivity contribution in [2.45, 2.75) is 27.3 Å². The maximum atomic E-state index is 12.5. The molecule has 136 valence electrons. The zero-order chi connectivity index (χ0) is 18.6. The summed E-state index contributed by atoms with van der Waals surface area (Å²) in [6.45, 7) is 7.45. The number of benzene rings is 1. The highest BCUT2D eigenvalue weighted by Gasteiger charge is 2.16. The molecule has 2 aromatic rings. The first kappa shape index (κ1) is 19.6. The van der Waals surface area contributed by atoms with Gasteiger partial charge in [0.25, 0.3) is 5.91 Å². The summed E-state index contributed by atoms with van der Waals surface area (Å²) in [5.74, 6) is 1.30. The van der Waals surface area contributed by atoms with E-state index < -0.39 is 0 Å². The van der Waals surface area contributed by atoms with Gasteiger partial charge in [-0.2, -0.15) is 5.10 Å². The summed E-state index contributed by atoms with van der Waals surface area (Å²) in [6.07, 6.45) is 0. The van der Waals surface area contributed by atoms with E-state index in [4.69, 9.17) is 9.47 Å². The van der Waals surface area contributed by atoms with Crippen LogP contribution in [0.15, 0.2) is 18.2 Å².